The second-order valence-corrected chi connectivity index (χ2v) is 17.9. The molecule has 18 heteroatoms. The zero-order valence-corrected chi connectivity index (χ0v) is 42.4. The Kier molecular flexibility index (Phi) is 43.9. The maximum atomic E-state index is 12.0. The summed E-state index contributed by atoms with van der Waals surface area (Å²) in [6.45, 7) is 8.64. The van der Waals surface area contributed by atoms with Crippen LogP contribution in [0.2, 0.25) is 0 Å². The first kappa shape index (κ1) is 64.3. The van der Waals surface area contributed by atoms with Crippen molar-refractivity contribution in [3.05, 3.63) is 0 Å². The molecule has 0 spiro atoms. The Hall–Kier alpha value is -0.300. The number of carboxylic acids is 2. The molecule has 0 rings (SSSR count). The molecule has 0 aliphatic carbocycles. The van der Waals surface area contributed by atoms with Gasteiger partial charge in [-0.25, -0.2) is 0 Å². The fourth-order valence-electron chi connectivity index (χ4n) is 6.51. The third kappa shape index (κ3) is 32.4. The predicted octanol–water partition coefficient (Wildman–Crippen LogP) is 0.679. The summed E-state index contributed by atoms with van der Waals surface area (Å²) in [4.78, 5) is 47.3. The smallest absolute Gasteiger partial charge is 0.549 e. The molecule has 0 bridgehead atoms. The molecule has 2 unspecified atom stereocenters. The summed E-state index contributed by atoms with van der Waals surface area (Å²) >= 11 is 0. The van der Waals surface area contributed by atoms with E-state index in [4.69, 9.17) is 9.47 Å². The number of aliphatic carboxylic acids is 2. The summed E-state index contributed by atoms with van der Waals surface area (Å²) in [5, 5.41) is 19.0. The van der Waals surface area contributed by atoms with Gasteiger partial charge in [-0.3, -0.25) is 18.7 Å². The molecule has 0 radical (unpaired) electrons. The quantitative estimate of drug-likeness (QED) is 0.0381. The van der Waals surface area contributed by atoms with Gasteiger partial charge in [0.2, 0.25) is 0 Å². The van der Waals surface area contributed by atoms with Crippen LogP contribution < -0.4 is 69.3 Å². The van der Waals surface area contributed by atoms with E-state index in [2.05, 4.69) is 27.7 Å². The van der Waals surface area contributed by atoms with Gasteiger partial charge in [-0.2, -0.15) is 16.8 Å². The molecule has 0 amide bonds. The topological polar surface area (TPSA) is 242 Å². The average Bonchev–Trinajstić information content (AvgIpc) is 3.11. The third-order valence-corrected chi connectivity index (χ3v) is 12.2. The van der Waals surface area contributed by atoms with Crippen molar-refractivity contribution in [3.8, 4) is 0 Å². The van der Waals surface area contributed by atoms with Gasteiger partial charge in [-0.15, -0.1) is 0 Å². The molecule has 0 aliphatic heterocycles. The Labute approximate surface area is 395 Å². The van der Waals surface area contributed by atoms with Crippen LogP contribution in [0.25, 0.3) is 0 Å². The van der Waals surface area contributed by atoms with Crippen LogP contribution >= 0.6 is 0 Å². The van der Waals surface area contributed by atoms with Gasteiger partial charge in [-0.1, -0.05) is 169 Å². The van der Waals surface area contributed by atoms with Gasteiger partial charge in [-0.05, 0) is 25.7 Å². The molecule has 0 saturated heterocycles. The summed E-state index contributed by atoms with van der Waals surface area (Å²) in [6.07, 6.45) is 20.9. The summed E-state index contributed by atoms with van der Waals surface area (Å²) in [6, 6.07) is 0. The number of carboxylic acid groups (broad SMARTS) is 2. The van der Waals surface area contributed by atoms with Crippen molar-refractivity contribution in [2.45, 2.75) is 212 Å². The number of rotatable bonds is 36. The fourth-order valence-corrected chi connectivity index (χ4v) is 8.31. The van der Waals surface area contributed by atoms with Gasteiger partial charge in [0.25, 0.3) is 20.2 Å². The Morgan fingerprint density at radius 2 is 0.845 bits per heavy atom. The molecule has 0 aliphatic rings. The summed E-state index contributed by atoms with van der Waals surface area (Å²) in [7, 11) is -9.89. The molecule has 2 atom stereocenters. The monoisotopic (exact) mass is 888 g/mol. The maximum Gasteiger partial charge on any atom is 1.00 e. The van der Waals surface area contributed by atoms with E-state index in [-0.39, 0.29) is 85.2 Å². The first-order valence-corrected chi connectivity index (χ1v) is 24.1. The van der Waals surface area contributed by atoms with E-state index in [1.807, 2.05) is 0 Å². The molecule has 0 aromatic rings. The third-order valence-electron chi connectivity index (χ3n) is 9.85. The van der Waals surface area contributed by atoms with Crippen molar-refractivity contribution in [1.29, 1.82) is 0 Å². The van der Waals surface area contributed by atoms with Crippen LogP contribution in [0.3, 0.4) is 0 Å². The van der Waals surface area contributed by atoms with Crippen molar-refractivity contribution in [1.82, 2.24) is 0 Å². The van der Waals surface area contributed by atoms with Crippen molar-refractivity contribution in [2.24, 2.45) is 5.41 Å². The Morgan fingerprint density at radius 3 is 1.16 bits per heavy atom. The molecular weight excluding hydrogens is 815 g/mol. The van der Waals surface area contributed by atoms with E-state index < -0.39 is 66.4 Å². The van der Waals surface area contributed by atoms with E-state index in [1.165, 1.54) is 6.42 Å². The second-order valence-electron chi connectivity index (χ2n) is 14.8. The average molecular weight is 889 g/mol. The maximum absolute atomic E-state index is 12.0. The molecular formula is C40H74Na2O14S2. The van der Waals surface area contributed by atoms with E-state index >= 15 is 0 Å². The second kappa shape index (κ2) is 39.5. The fraction of sp³-hybridized carbons (Fsp3) is 0.900. The van der Waals surface area contributed by atoms with Crippen LogP contribution in [0.5, 0.6) is 0 Å². The first-order chi connectivity index (χ1) is 26.5. The van der Waals surface area contributed by atoms with E-state index in [9.17, 15) is 55.3 Å². The number of unbranched alkanes of at least 4 members (excludes halogenated alkanes) is 20. The molecule has 0 aromatic carbocycles. The standard InChI is InChI=1S/2C20H38O7S.2Na/c1-3-5-7-9-11-13-15-20(19(23)24,16-14-12-10-8-6-4-2)17(18(21)22)28(25,26)27;1-3-5-7-9-11-13-15-26-19(21)17-18(28(23,24)25)20(22)27-16-14-12-10-8-6-4-2;;/h17H,3-16H2,1-2H3,(H,21,22)(H,23,24)(H,25,26,27);18H,3-17H2,1-2H3,(H,23,24,25);;/q;;2*+1/p-2. The van der Waals surface area contributed by atoms with Crippen LogP contribution in [-0.2, 0) is 48.9 Å². The van der Waals surface area contributed by atoms with Crippen LogP contribution in [0.4, 0.5) is 0 Å². The van der Waals surface area contributed by atoms with Gasteiger partial charge in [0.15, 0.2) is 5.25 Å². The molecule has 2 N–H and O–H groups in total. The number of hydrogen-bond donors (Lipinski definition) is 2. The van der Waals surface area contributed by atoms with Crippen molar-refractivity contribution in [2.75, 3.05) is 13.2 Å². The zero-order chi connectivity index (χ0) is 42.9. The van der Waals surface area contributed by atoms with Gasteiger partial charge < -0.3 is 29.3 Å². The minimum atomic E-state index is -5.15. The number of carbonyl (C=O) groups is 4. The van der Waals surface area contributed by atoms with Crippen LogP contribution in [0, 0.1) is 5.41 Å². The zero-order valence-electron chi connectivity index (χ0n) is 36.8. The van der Waals surface area contributed by atoms with Gasteiger partial charge in [0.1, 0.15) is 5.25 Å². The number of esters is 2. The van der Waals surface area contributed by atoms with Crippen LogP contribution in [-0.4, -0.2) is 73.5 Å². The molecule has 0 heterocycles. The number of hydrogen-bond acceptors (Lipinski definition) is 12. The molecule has 0 aromatic heterocycles. The summed E-state index contributed by atoms with van der Waals surface area (Å²) in [5.41, 5.74) is -2.18. The number of carbonyl (C=O) groups excluding carboxylic acids is 4. The van der Waals surface area contributed by atoms with Crippen LogP contribution in [0.1, 0.15) is 201 Å². The predicted molar refractivity (Wildman–Crippen MR) is 212 cm³/mol. The summed E-state index contributed by atoms with van der Waals surface area (Å²) in [5.74, 6) is -5.77. The Balaban J connectivity index is -0.000000486. The molecule has 332 valence electrons. The van der Waals surface area contributed by atoms with E-state index in [0.717, 1.165) is 109 Å². The first-order valence-electron chi connectivity index (χ1n) is 21.1. The van der Waals surface area contributed by atoms with Gasteiger partial charge in [0.05, 0.1) is 25.6 Å². The minimum Gasteiger partial charge on any atom is -0.549 e. The van der Waals surface area contributed by atoms with Crippen molar-refractivity contribution in [3.63, 3.8) is 0 Å². The molecule has 0 saturated carbocycles. The molecule has 0 fully saturated rings. The van der Waals surface area contributed by atoms with Crippen molar-refractivity contribution >= 4 is 44.1 Å². The molecule has 14 nitrogen and oxygen atoms in total. The minimum absolute atomic E-state index is 0. The SMILES string of the molecule is CCCCCCCCC(CCCCCCCC)(C(=O)[O-])C(C(=O)[O-])S(=O)(=O)O.CCCCCCCCOC(=O)CC(C(=O)OCCCCCCCC)S(=O)(=O)O.[Na+].[Na+]. The van der Waals surface area contributed by atoms with Crippen molar-refractivity contribution < 1.29 is 124 Å². The van der Waals surface area contributed by atoms with Crippen LogP contribution in [0.15, 0.2) is 0 Å². The van der Waals surface area contributed by atoms with Gasteiger partial charge in [0, 0.05) is 11.4 Å². The Morgan fingerprint density at radius 1 is 0.517 bits per heavy atom. The number of ether oxygens (including phenoxy) is 2. The van der Waals surface area contributed by atoms with Gasteiger partial charge >= 0.3 is 71.1 Å². The summed E-state index contributed by atoms with van der Waals surface area (Å²) < 4.78 is 74.9. The van der Waals surface area contributed by atoms with E-state index in [1.54, 1.807) is 0 Å². The largest absolute Gasteiger partial charge is 1.00 e. The normalized spacial score (nSPS) is 12.5. The Bertz CT molecular complexity index is 1260. The molecule has 58 heavy (non-hydrogen) atoms. The van der Waals surface area contributed by atoms with E-state index in [0.29, 0.717) is 38.5 Å².